The number of nitrogens with one attached hydrogen (secondary N) is 1. The first kappa shape index (κ1) is 24.9. The van der Waals surface area contributed by atoms with Crippen molar-refractivity contribution in [1.82, 2.24) is 5.32 Å². The molecule has 1 N–H and O–H groups in total. The molecule has 1 aliphatic heterocycles. The van der Waals surface area contributed by atoms with Gasteiger partial charge in [-0.2, -0.15) is 0 Å². The highest BCUT2D eigenvalue weighted by Gasteiger charge is 2.34. The average Bonchev–Trinajstić information content (AvgIpc) is 2.68. The van der Waals surface area contributed by atoms with Gasteiger partial charge in [0.1, 0.15) is 17.1 Å². The van der Waals surface area contributed by atoms with Crippen LogP contribution in [0.15, 0.2) is 36.4 Å². The largest absolute Gasteiger partial charge is 0.497 e. The number of nitrogens with zero attached hydrogens (tertiary/aromatic N) is 1. The van der Waals surface area contributed by atoms with E-state index in [1.807, 2.05) is 64.1 Å². The number of ether oxygens (including phenoxy) is 2. The molecule has 0 unspecified atom stereocenters. The maximum Gasteiger partial charge on any atom is 0.232 e. The Morgan fingerprint density at radius 2 is 1.85 bits per heavy atom. The maximum absolute atomic E-state index is 12.8. The van der Waals surface area contributed by atoms with E-state index in [1.54, 1.807) is 7.11 Å². The second-order valence-corrected chi connectivity index (χ2v) is 11.3. The minimum Gasteiger partial charge on any atom is -0.497 e. The number of aryl methyl sites for hydroxylation is 2. The molecular weight excluding hydrogens is 440 g/mol. The highest BCUT2D eigenvalue weighted by atomic mass is 32.2. The van der Waals surface area contributed by atoms with Gasteiger partial charge in [-0.05, 0) is 75.6 Å². The molecule has 1 atom stereocenters. The van der Waals surface area contributed by atoms with E-state index in [1.165, 1.54) is 10.6 Å². The fourth-order valence-electron chi connectivity index (χ4n) is 4.32. The lowest BCUT2D eigenvalue weighted by Crippen LogP contribution is -2.41. The zero-order chi connectivity index (χ0) is 24.4. The van der Waals surface area contributed by atoms with E-state index in [2.05, 4.69) is 5.32 Å². The number of carbonyl (C=O) groups excluding carboxylic acids is 1. The summed E-state index contributed by atoms with van der Waals surface area (Å²) in [5, 5.41) is 3.11. The van der Waals surface area contributed by atoms with Crippen molar-refractivity contribution in [3.63, 3.8) is 0 Å². The van der Waals surface area contributed by atoms with E-state index >= 15 is 0 Å². The van der Waals surface area contributed by atoms with Crippen LogP contribution in [0.3, 0.4) is 0 Å². The normalized spacial score (nSPS) is 17.0. The molecule has 0 aliphatic carbocycles. The van der Waals surface area contributed by atoms with Gasteiger partial charge in [0.05, 0.1) is 25.1 Å². The van der Waals surface area contributed by atoms with Crippen molar-refractivity contribution in [2.45, 2.75) is 58.6 Å². The summed E-state index contributed by atoms with van der Waals surface area (Å²) in [5.74, 6) is 1.31. The van der Waals surface area contributed by atoms with Crippen molar-refractivity contribution in [3.8, 4) is 11.5 Å². The molecule has 7 nitrogen and oxygen atoms in total. The monoisotopic (exact) mass is 474 g/mol. The number of fused-ring (bicyclic) bond motifs is 1. The molecule has 8 heteroatoms. The van der Waals surface area contributed by atoms with Crippen LogP contribution in [0.2, 0.25) is 0 Å². The average molecular weight is 475 g/mol. The van der Waals surface area contributed by atoms with E-state index in [-0.39, 0.29) is 24.9 Å². The van der Waals surface area contributed by atoms with Crippen LogP contribution < -0.4 is 19.1 Å². The molecule has 0 spiro atoms. The minimum absolute atomic E-state index is 0.125. The van der Waals surface area contributed by atoms with Gasteiger partial charge in [-0.3, -0.25) is 9.10 Å². The van der Waals surface area contributed by atoms with Gasteiger partial charge < -0.3 is 14.8 Å². The number of anilines is 1. The Bertz CT molecular complexity index is 1110. The molecular formula is C25H34N2O5S. The second-order valence-electron chi connectivity index (χ2n) is 9.37. The number of carbonyl (C=O) groups is 1. The smallest absolute Gasteiger partial charge is 0.232 e. The summed E-state index contributed by atoms with van der Waals surface area (Å²) in [4.78, 5) is 12.8. The lowest BCUT2D eigenvalue weighted by atomic mass is 9.89. The Balaban J connectivity index is 1.68. The first-order valence-corrected chi connectivity index (χ1v) is 12.9. The molecule has 1 aliphatic rings. The molecule has 33 heavy (non-hydrogen) atoms. The third kappa shape index (κ3) is 6.41. The van der Waals surface area contributed by atoms with Gasteiger partial charge >= 0.3 is 0 Å². The van der Waals surface area contributed by atoms with Crippen LogP contribution in [0.5, 0.6) is 11.5 Å². The van der Waals surface area contributed by atoms with Gasteiger partial charge in [-0.25, -0.2) is 8.42 Å². The van der Waals surface area contributed by atoms with Gasteiger partial charge in [0.15, 0.2) is 0 Å². The van der Waals surface area contributed by atoms with E-state index in [4.69, 9.17) is 9.47 Å². The standard InChI is InChI=1S/C25H34N2O5S/c1-17-12-18(2)14-19(13-17)27(33(6,29)30)11-7-8-24(28)26-22-16-25(3,4)32-23-10-9-20(31-5)15-21(22)23/h9-10,12-15,22H,7-8,11,16H2,1-6H3,(H,26,28)/t22-/m1/s1. The van der Waals surface area contributed by atoms with Crippen molar-refractivity contribution < 1.29 is 22.7 Å². The molecule has 1 amide bonds. The van der Waals surface area contributed by atoms with Crippen molar-refractivity contribution in [2.75, 3.05) is 24.2 Å². The van der Waals surface area contributed by atoms with Crippen LogP contribution in [-0.2, 0) is 14.8 Å². The van der Waals surface area contributed by atoms with E-state index in [0.29, 0.717) is 24.3 Å². The number of rotatable bonds is 8. The van der Waals surface area contributed by atoms with Crippen LogP contribution >= 0.6 is 0 Å². The molecule has 1 heterocycles. The van der Waals surface area contributed by atoms with Gasteiger partial charge in [0.2, 0.25) is 15.9 Å². The van der Waals surface area contributed by atoms with Crippen LogP contribution in [0.25, 0.3) is 0 Å². The summed E-state index contributed by atoms with van der Waals surface area (Å²) in [7, 11) is -1.87. The molecule has 0 saturated heterocycles. The molecule has 2 aromatic carbocycles. The zero-order valence-corrected chi connectivity index (χ0v) is 21.1. The number of methoxy groups -OCH3 is 1. The lowest BCUT2D eigenvalue weighted by Gasteiger charge is -2.38. The van der Waals surface area contributed by atoms with E-state index < -0.39 is 15.6 Å². The summed E-state index contributed by atoms with van der Waals surface area (Å²) in [6, 6.07) is 11.1. The highest BCUT2D eigenvalue weighted by molar-refractivity contribution is 7.92. The predicted octanol–water partition coefficient (Wildman–Crippen LogP) is 4.28. The first-order chi connectivity index (χ1) is 15.4. The summed E-state index contributed by atoms with van der Waals surface area (Å²) in [6.45, 7) is 8.10. The lowest BCUT2D eigenvalue weighted by molar-refractivity contribution is -0.122. The Morgan fingerprint density at radius 3 is 2.45 bits per heavy atom. The van der Waals surface area contributed by atoms with Crippen molar-refractivity contribution >= 4 is 21.6 Å². The van der Waals surface area contributed by atoms with Crippen LogP contribution in [0.1, 0.15) is 55.8 Å². The zero-order valence-electron chi connectivity index (χ0n) is 20.3. The molecule has 180 valence electrons. The first-order valence-electron chi connectivity index (χ1n) is 11.1. The maximum atomic E-state index is 12.8. The third-order valence-electron chi connectivity index (χ3n) is 5.67. The number of hydrogen-bond acceptors (Lipinski definition) is 5. The molecule has 0 bridgehead atoms. The third-order valence-corrected chi connectivity index (χ3v) is 6.86. The van der Waals surface area contributed by atoms with Gasteiger partial charge in [0.25, 0.3) is 0 Å². The van der Waals surface area contributed by atoms with Gasteiger partial charge in [0, 0.05) is 24.9 Å². The molecule has 2 aromatic rings. The predicted molar refractivity (Wildman–Crippen MR) is 131 cm³/mol. The van der Waals surface area contributed by atoms with E-state index in [9.17, 15) is 13.2 Å². The van der Waals surface area contributed by atoms with Crippen molar-refractivity contribution in [3.05, 3.63) is 53.1 Å². The summed E-state index contributed by atoms with van der Waals surface area (Å²) >= 11 is 0. The minimum atomic E-state index is -3.47. The summed E-state index contributed by atoms with van der Waals surface area (Å²) in [6.07, 6.45) is 2.44. The Morgan fingerprint density at radius 1 is 1.18 bits per heavy atom. The Kier molecular flexibility index (Phi) is 7.26. The van der Waals surface area contributed by atoms with Crippen LogP contribution in [0, 0.1) is 13.8 Å². The van der Waals surface area contributed by atoms with Crippen LogP contribution in [0.4, 0.5) is 5.69 Å². The molecule has 0 radical (unpaired) electrons. The topological polar surface area (TPSA) is 84.9 Å². The number of hydrogen-bond donors (Lipinski definition) is 1. The molecule has 0 fully saturated rings. The molecule has 0 aromatic heterocycles. The Labute approximate surface area is 197 Å². The highest BCUT2D eigenvalue weighted by Crippen LogP contribution is 2.41. The Hall–Kier alpha value is -2.74. The number of sulfonamides is 1. The number of benzene rings is 2. The fourth-order valence-corrected chi connectivity index (χ4v) is 5.27. The van der Waals surface area contributed by atoms with E-state index in [0.717, 1.165) is 22.4 Å². The fraction of sp³-hybridized carbons (Fsp3) is 0.480. The number of amides is 1. The van der Waals surface area contributed by atoms with Crippen LogP contribution in [-0.4, -0.2) is 39.8 Å². The van der Waals surface area contributed by atoms with Gasteiger partial charge in [-0.1, -0.05) is 6.07 Å². The molecule has 3 rings (SSSR count). The van der Waals surface area contributed by atoms with Crippen molar-refractivity contribution in [2.24, 2.45) is 0 Å². The SMILES string of the molecule is COc1ccc2c(c1)[C@H](NC(=O)CCCN(c1cc(C)cc(C)c1)S(C)(=O)=O)CC(C)(C)O2. The second kappa shape index (κ2) is 9.63. The quantitative estimate of drug-likeness (QED) is 0.617. The van der Waals surface area contributed by atoms with Crippen molar-refractivity contribution in [1.29, 1.82) is 0 Å². The molecule has 0 saturated carbocycles. The summed E-state index contributed by atoms with van der Waals surface area (Å²) in [5.41, 5.74) is 3.08. The van der Waals surface area contributed by atoms with Gasteiger partial charge in [-0.15, -0.1) is 0 Å². The summed E-state index contributed by atoms with van der Waals surface area (Å²) < 4.78 is 37.6.